The number of hydrogen-bond acceptors (Lipinski definition) is 3. The van der Waals surface area contributed by atoms with Gasteiger partial charge < -0.3 is 15.5 Å². The van der Waals surface area contributed by atoms with Gasteiger partial charge in [-0.25, -0.2) is 4.39 Å². The lowest BCUT2D eigenvalue weighted by Crippen LogP contribution is -2.44. The molecule has 0 bridgehead atoms. The van der Waals surface area contributed by atoms with Crippen molar-refractivity contribution in [3.05, 3.63) is 29.6 Å². The Balaban J connectivity index is 2.83. The molecule has 17 heavy (non-hydrogen) atoms. The molecule has 0 aliphatic carbocycles. The van der Waals surface area contributed by atoms with Gasteiger partial charge in [-0.15, -0.1) is 0 Å². The van der Waals surface area contributed by atoms with Crippen LogP contribution in [-0.4, -0.2) is 28.3 Å². The van der Waals surface area contributed by atoms with Crippen molar-refractivity contribution >= 4 is 5.91 Å². The van der Waals surface area contributed by atoms with E-state index in [0.717, 1.165) is 12.1 Å². The van der Waals surface area contributed by atoms with E-state index in [-0.39, 0.29) is 12.2 Å². The molecule has 0 aliphatic heterocycles. The fraction of sp³-hybridized carbons (Fsp3) is 0.417. The van der Waals surface area contributed by atoms with E-state index >= 15 is 0 Å². The highest BCUT2D eigenvalue weighted by atomic mass is 19.1. The fourth-order valence-corrected chi connectivity index (χ4v) is 1.41. The predicted octanol–water partition coefficient (Wildman–Crippen LogP) is 1.42. The van der Waals surface area contributed by atoms with E-state index in [0.29, 0.717) is 6.42 Å². The highest BCUT2D eigenvalue weighted by Crippen LogP contribution is 2.19. The molecule has 4 nitrogen and oxygen atoms in total. The molecule has 1 rings (SSSR count). The Morgan fingerprint density at radius 3 is 2.65 bits per heavy atom. The number of halogens is 1. The van der Waals surface area contributed by atoms with E-state index in [1.807, 2.05) is 0 Å². The zero-order chi connectivity index (χ0) is 13.1. The van der Waals surface area contributed by atoms with Crippen molar-refractivity contribution in [2.75, 3.05) is 6.61 Å². The molecule has 1 aromatic carbocycles. The van der Waals surface area contributed by atoms with Gasteiger partial charge in [0.2, 0.25) is 0 Å². The van der Waals surface area contributed by atoms with Gasteiger partial charge in [-0.3, -0.25) is 4.79 Å². The highest BCUT2D eigenvalue weighted by molar-refractivity contribution is 5.97. The second-order valence-corrected chi connectivity index (χ2v) is 4.47. The molecule has 0 aliphatic rings. The Morgan fingerprint density at radius 1 is 1.47 bits per heavy atom. The second-order valence-electron chi connectivity index (χ2n) is 4.47. The number of aliphatic hydroxyl groups is 1. The SMILES string of the molecule is CC(C)(CCO)NC(=O)c1ccc(F)cc1O. The number of nitrogens with one attached hydrogen (secondary N) is 1. The number of phenolic OH excluding ortho intramolecular Hbond substituents is 1. The van der Waals surface area contributed by atoms with Crippen molar-refractivity contribution in [2.24, 2.45) is 0 Å². The Labute approximate surface area is 99.1 Å². The maximum absolute atomic E-state index is 12.7. The average Bonchev–Trinajstić information content (AvgIpc) is 2.15. The molecule has 0 fully saturated rings. The minimum atomic E-state index is -0.603. The summed E-state index contributed by atoms with van der Waals surface area (Å²) in [6.07, 6.45) is 0.390. The number of amides is 1. The molecule has 94 valence electrons. The molecule has 0 spiro atoms. The molecule has 1 amide bonds. The van der Waals surface area contributed by atoms with Gasteiger partial charge in [-0.1, -0.05) is 0 Å². The highest BCUT2D eigenvalue weighted by Gasteiger charge is 2.22. The standard InChI is InChI=1S/C12H16FNO3/c1-12(2,5-6-15)14-11(17)9-4-3-8(13)7-10(9)16/h3-4,7,15-16H,5-6H2,1-2H3,(H,14,17). The van der Waals surface area contributed by atoms with Gasteiger partial charge in [0.15, 0.2) is 0 Å². The second kappa shape index (κ2) is 5.14. The number of carbonyl (C=O) groups is 1. The molecule has 0 unspecified atom stereocenters. The molecule has 0 saturated carbocycles. The van der Waals surface area contributed by atoms with E-state index < -0.39 is 23.0 Å². The topological polar surface area (TPSA) is 69.6 Å². The van der Waals surface area contributed by atoms with Crippen LogP contribution in [0.2, 0.25) is 0 Å². The zero-order valence-corrected chi connectivity index (χ0v) is 9.83. The third-order valence-electron chi connectivity index (χ3n) is 2.39. The third-order valence-corrected chi connectivity index (χ3v) is 2.39. The van der Waals surface area contributed by atoms with Crippen molar-refractivity contribution in [2.45, 2.75) is 25.8 Å². The summed E-state index contributed by atoms with van der Waals surface area (Å²) < 4.78 is 12.7. The summed E-state index contributed by atoms with van der Waals surface area (Å²) >= 11 is 0. The van der Waals surface area contributed by atoms with Crippen LogP contribution in [-0.2, 0) is 0 Å². The number of phenols is 1. The summed E-state index contributed by atoms with van der Waals surface area (Å²) in [6.45, 7) is 3.45. The molecule has 0 atom stereocenters. The van der Waals surface area contributed by atoms with Gasteiger partial charge in [0.1, 0.15) is 11.6 Å². The summed E-state index contributed by atoms with van der Waals surface area (Å²) in [7, 11) is 0. The van der Waals surface area contributed by atoms with Gasteiger partial charge in [0, 0.05) is 18.2 Å². The van der Waals surface area contributed by atoms with Crippen molar-refractivity contribution in [1.82, 2.24) is 5.32 Å². The molecule has 1 aromatic rings. The van der Waals surface area contributed by atoms with E-state index in [2.05, 4.69) is 5.32 Å². The first kappa shape index (κ1) is 13.4. The monoisotopic (exact) mass is 241 g/mol. The zero-order valence-electron chi connectivity index (χ0n) is 9.83. The van der Waals surface area contributed by atoms with Crippen LogP contribution in [0.4, 0.5) is 4.39 Å². The summed E-state index contributed by atoms with van der Waals surface area (Å²) in [4.78, 5) is 11.8. The van der Waals surface area contributed by atoms with Crippen LogP contribution in [0.3, 0.4) is 0 Å². The summed E-state index contributed by atoms with van der Waals surface area (Å²) in [5.74, 6) is -1.50. The number of rotatable bonds is 4. The normalized spacial score (nSPS) is 11.3. The van der Waals surface area contributed by atoms with E-state index in [1.165, 1.54) is 6.07 Å². The number of aromatic hydroxyl groups is 1. The number of carbonyl (C=O) groups excluding carboxylic acids is 1. The van der Waals surface area contributed by atoms with Gasteiger partial charge >= 0.3 is 0 Å². The third kappa shape index (κ3) is 3.71. The first-order valence-electron chi connectivity index (χ1n) is 5.27. The molecular formula is C12H16FNO3. The van der Waals surface area contributed by atoms with Crippen molar-refractivity contribution in [3.63, 3.8) is 0 Å². The van der Waals surface area contributed by atoms with Gasteiger partial charge in [-0.05, 0) is 32.4 Å². The van der Waals surface area contributed by atoms with Crippen LogP contribution in [0, 0.1) is 5.82 Å². The van der Waals surface area contributed by atoms with Crippen LogP contribution in [0.15, 0.2) is 18.2 Å². The van der Waals surface area contributed by atoms with Gasteiger partial charge in [0.05, 0.1) is 5.56 Å². The van der Waals surface area contributed by atoms with E-state index in [9.17, 15) is 14.3 Å². The van der Waals surface area contributed by atoms with E-state index in [4.69, 9.17) is 5.11 Å². The van der Waals surface area contributed by atoms with Crippen LogP contribution < -0.4 is 5.32 Å². The van der Waals surface area contributed by atoms with Crippen LogP contribution in [0.1, 0.15) is 30.6 Å². The lowest BCUT2D eigenvalue weighted by Gasteiger charge is -2.25. The smallest absolute Gasteiger partial charge is 0.255 e. The minimum absolute atomic E-state index is 0.0115. The molecular weight excluding hydrogens is 225 g/mol. The first-order valence-corrected chi connectivity index (χ1v) is 5.27. The summed E-state index contributed by atoms with van der Waals surface area (Å²) in [5, 5.41) is 20.9. The fourth-order valence-electron chi connectivity index (χ4n) is 1.41. The quantitative estimate of drug-likeness (QED) is 0.746. The number of benzene rings is 1. The Bertz CT molecular complexity index is 418. The van der Waals surface area contributed by atoms with Crippen LogP contribution >= 0.6 is 0 Å². The maximum Gasteiger partial charge on any atom is 0.255 e. The molecule has 0 heterocycles. The number of aliphatic hydroxyl groups excluding tert-OH is 1. The average molecular weight is 241 g/mol. The summed E-state index contributed by atoms with van der Waals surface area (Å²) in [6, 6.07) is 3.21. The van der Waals surface area contributed by atoms with Gasteiger partial charge in [0.25, 0.3) is 5.91 Å². The Hall–Kier alpha value is -1.62. The maximum atomic E-state index is 12.7. The van der Waals surface area contributed by atoms with Crippen LogP contribution in [0.25, 0.3) is 0 Å². The predicted molar refractivity (Wildman–Crippen MR) is 61.3 cm³/mol. The van der Waals surface area contributed by atoms with E-state index in [1.54, 1.807) is 13.8 Å². The summed E-state index contributed by atoms with van der Waals surface area (Å²) in [5.41, 5.74) is -0.579. The van der Waals surface area contributed by atoms with Crippen molar-refractivity contribution < 1.29 is 19.4 Å². The Kier molecular flexibility index (Phi) is 4.07. The lowest BCUT2D eigenvalue weighted by atomic mass is 10.0. The lowest BCUT2D eigenvalue weighted by molar-refractivity contribution is 0.0897. The molecule has 0 radical (unpaired) electrons. The Morgan fingerprint density at radius 2 is 2.12 bits per heavy atom. The molecule has 3 N–H and O–H groups in total. The van der Waals surface area contributed by atoms with Gasteiger partial charge in [-0.2, -0.15) is 0 Å². The number of hydrogen-bond donors (Lipinski definition) is 3. The molecule has 5 heteroatoms. The van der Waals surface area contributed by atoms with Crippen LogP contribution in [0.5, 0.6) is 5.75 Å². The molecule has 0 saturated heterocycles. The molecule has 0 aromatic heterocycles. The first-order chi connectivity index (χ1) is 7.85. The largest absolute Gasteiger partial charge is 0.507 e. The minimum Gasteiger partial charge on any atom is -0.507 e. The van der Waals surface area contributed by atoms with Crippen molar-refractivity contribution in [1.29, 1.82) is 0 Å². The van der Waals surface area contributed by atoms with Crippen molar-refractivity contribution in [3.8, 4) is 5.75 Å².